The minimum Gasteiger partial charge on any atom is -0.316 e. The van der Waals surface area contributed by atoms with Crippen LogP contribution in [0.4, 0.5) is 0 Å². The summed E-state index contributed by atoms with van der Waals surface area (Å²) >= 11 is 18.4. The Labute approximate surface area is 122 Å². The number of hydrogen-bond acceptors (Lipinski definition) is 1. The predicted octanol–water partition coefficient (Wildman–Crippen LogP) is 5.03. The third kappa shape index (κ3) is 2.81. The number of rotatable bonds is 3. The lowest BCUT2D eigenvalue weighted by atomic mass is 9.99. The van der Waals surface area contributed by atoms with Crippen LogP contribution < -0.4 is 5.32 Å². The molecule has 0 unspecified atom stereocenters. The van der Waals surface area contributed by atoms with Gasteiger partial charge in [0, 0.05) is 17.1 Å². The van der Waals surface area contributed by atoms with Crippen LogP contribution in [0.3, 0.4) is 0 Å². The first-order valence-electron chi connectivity index (χ1n) is 5.51. The van der Waals surface area contributed by atoms with Crippen molar-refractivity contribution in [3.8, 4) is 11.1 Å². The highest BCUT2D eigenvalue weighted by Crippen LogP contribution is 2.38. The summed E-state index contributed by atoms with van der Waals surface area (Å²) in [6.45, 7) is 0.755. The van der Waals surface area contributed by atoms with Gasteiger partial charge in [0.15, 0.2) is 0 Å². The zero-order valence-corrected chi connectivity index (χ0v) is 12.1. The normalized spacial score (nSPS) is 10.7. The highest BCUT2D eigenvalue weighted by Gasteiger charge is 2.13. The number of hydrogen-bond donors (Lipinski definition) is 1. The average molecular weight is 301 g/mol. The van der Waals surface area contributed by atoms with E-state index >= 15 is 0 Å². The molecule has 0 saturated heterocycles. The summed E-state index contributed by atoms with van der Waals surface area (Å²) in [4.78, 5) is 0. The monoisotopic (exact) mass is 299 g/mol. The van der Waals surface area contributed by atoms with Gasteiger partial charge in [0.25, 0.3) is 0 Å². The maximum absolute atomic E-state index is 6.25. The molecule has 0 radical (unpaired) electrons. The Morgan fingerprint density at radius 2 is 1.61 bits per heavy atom. The van der Waals surface area contributed by atoms with Crippen LogP contribution in [0.15, 0.2) is 36.4 Å². The zero-order valence-electron chi connectivity index (χ0n) is 9.81. The summed E-state index contributed by atoms with van der Waals surface area (Å²) in [6.07, 6.45) is 0. The number of nitrogens with one attached hydrogen (secondary N) is 1. The molecule has 18 heavy (non-hydrogen) atoms. The maximum atomic E-state index is 6.25. The molecule has 94 valence electrons. The molecule has 0 atom stereocenters. The second-order valence-electron chi connectivity index (χ2n) is 3.93. The Kier molecular flexibility index (Phi) is 4.52. The number of benzene rings is 2. The Balaban J connectivity index is 2.62. The Hall–Kier alpha value is -0.730. The standard InChI is InChI=1S/C14H12Cl3N/c1-18-8-9-4-2-3-5-11(9)14-12(16)6-10(15)7-13(14)17/h2-7,18H,8H2,1H3. The average Bonchev–Trinajstić information content (AvgIpc) is 2.30. The van der Waals surface area contributed by atoms with Crippen molar-refractivity contribution in [2.75, 3.05) is 7.05 Å². The van der Waals surface area contributed by atoms with Crippen LogP contribution >= 0.6 is 34.8 Å². The summed E-state index contributed by atoms with van der Waals surface area (Å²) in [5, 5.41) is 4.81. The highest BCUT2D eigenvalue weighted by atomic mass is 35.5. The molecule has 1 nitrogen and oxygen atoms in total. The van der Waals surface area contributed by atoms with Gasteiger partial charge in [0.2, 0.25) is 0 Å². The van der Waals surface area contributed by atoms with Crippen LogP contribution in [0.2, 0.25) is 15.1 Å². The van der Waals surface area contributed by atoms with Crippen LogP contribution in [-0.2, 0) is 6.54 Å². The lowest BCUT2D eigenvalue weighted by molar-refractivity contribution is 0.819. The molecule has 0 amide bonds. The Morgan fingerprint density at radius 1 is 1.00 bits per heavy atom. The van der Waals surface area contributed by atoms with Crippen molar-refractivity contribution in [2.24, 2.45) is 0 Å². The van der Waals surface area contributed by atoms with Gasteiger partial charge >= 0.3 is 0 Å². The second-order valence-corrected chi connectivity index (χ2v) is 5.18. The van der Waals surface area contributed by atoms with E-state index < -0.39 is 0 Å². The van der Waals surface area contributed by atoms with Crippen molar-refractivity contribution in [3.63, 3.8) is 0 Å². The van der Waals surface area contributed by atoms with Crippen LogP contribution in [0, 0.1) is 0 Å². The van der Waals surface area contributed by atoms with Gasteiger partial charge in [-0.05, 0) is 30.3 Å². The Morgan fingerprint density at radius 3 is 2.22 bits per heavy atom. The smallest absolute Gasteiger partial charge is 0.0514 e. The summed E-state index contributed by atoms with van der Waals surface area (Å²) in [7, 11) is 1.90. The van der Waals surface area contributed by atoms with Crippen LogP contribution in [-0.4, -0.2) is 7.05 Å². The minimum atomic E-state index is 0.542. The van der Waals surface area contributed by atoms with Crippen molar-refractivity contribution in [3.05, 3.63) is 57.0 Å². The van der Waals surface area contributed by atoms with E-state index in [1.165, 1.54) is 0 Å². The zero-order chi connectivity index (χ0) is 13.1. The van der Waals surface area contributed by atoms with Gasteiger partial charge in [0.1, 0.15) is 0 Å². The van der Waals surface area contributed by atoms with Gasteiger partial charge in [0.05, 0.1) is 10.0 Å². The van der Waals surface area contributed by atoms with E-state index in [0.717, 1.165) is 23.2 Å². The van der Waals surface area contributed by atoms with Crippen LogP contribution in [0.5, 0.6) is 0 Å². The molecule has 0 saturated carbocycles. The van der Waals surface area contributed by atoms with Gasteiger partial charge in [-0.1, -0.05) is 59.1 Å². The minimum absolute atomic E-state index is 0.542. The van der Waals surface area contributed by atoms with E-state index in [2.05, 4.69) is 5.32 Å². The third-order valence-corrected chi connectivity index (χ3v) is 3.48. The summed E-state index contributed by atoms with van der Waals surface area (Å²) in [6, 6.07) is 11.4. The molecule has 0 aliphatic rings. The van der Waals surface area contributed by atoms with Gasteiger partial charge in [-0.15, -0.1) is 0 Å². The Bertz CT molecular complexity index is 544. The van der Waals surface area contributed by atoms with E-state index in [1.54, 1.807) is 12.1 Å². The molecule has 0 fully saturated rings. The molecular weight excluding hydrogens is 289 g/mol. The fourth-order valence-corrected chi connectivity index (χ4v) is 2.93. The fraction of sp³-hybridized carbons (Fsp3) is 0.143. The molecule has 2 aromatic carbocycles. The number of halogens is 3. The summed E-state index contributed by atoms with van der Waals surface area (Å²) in [5.41, 5.74) is 3.00. The van der Waals surface area contributed by atoms with E-state index in [-0.39, 0.29) is 0 Å². The van der Waals surface area contributed by atoms with E-state index in [0.29, 0.717) is 15.1 Å². The van der Waals surface area contributed by atoms with Crippen LogP contribution in [0.25, 0.3) is 11.1 Å². The molecule has 0 spiro atoms. The maximum Gasteiger partial charge on any atom is 0.0514 e. The van der Waals surface area contributed by atoms with E-state index in [4.69, 9.17) is 34.8 Å². The molecule has 0 aromatic heterocycles. The van der Waals surface area contributed by atoms with Crippen molar-refractivity contribution in [2.45, 2.75) is 6.54 Å². The van der Waals surface area contributed by atoms with Crippen molar-refractivity contribution < 1.29 is 0 Å². The molecule has 1 N–H and O–H groups in total. The van der Waals surface area contributed by atoms with Gasteiger partial charge in [-0.2, -0.15) is 0 Å². The van der Waals surface area contributed by atoms with Crippen molar-refractivity contribution in [1.82, 2.24) is 5.32 Å². The second kappa shape index (κ2) is 5.94. The van der Waals surface area contributed by atoms with Crippen molar-refractivity contribution >= 4 is 34.8 Å². The first-order valence-corrected chi connectivity index (χ1v) is 6.64. The molecule has 4 heteroatoms. The van der Waals surface area contributed by atoms with Crippen molar-refractivity contribution in [1.29, 1.82) is 0 Å². The molecular formula is C14H12Cl3N. The summed E-state index contributed by atoms with van der Waals surface area (Å²) < 4.78 is 0. The van der Waals surface area contributed by atoms with Gasteiger partial charge < -0.3 is 5.32 Å². The third-order valence-electron chi connectivity index (χ3n) is 2.66. The van der Waals surface area contributed by atoms with Crippen LogP contribution in [0.1, 0.15) is 5.56 Å². The fourth-order valence-electron chi connectivity index (χ4n) is 1.91. The lowest BCUT2D eigenvalue weighted by Gasteiger charge is -2.13. The van der Waals surface area contributed by atoms with Gasteiger partial charge in [-0.25, -0.2) is 0 Å². The molecule has 2 rings (SSSR count). The van der Waals surface area contributed by atoms with E-state index in [1.807, 2.05) is 31.3 Å². The SMILES string of the molecule is CNCc1ccccc1-c1c(Cl)cc(Cl)cc1Cl. The molecule has 0 aliphatic heterocycles. The molecule has 0 aliphatic carbocycles. The van der Waals surface area contributed by atoms with Gasteiger partial charge in [-0.3, -0.25) is 0 Å². The summed E-state index contributed by atoms with van der Waals surface area (Å²) in [5.74, 6) is 0. The first-order chi connectivity index (χ1) is 8.63. The first kappa shape index (κ1) is 13.7. The molecule has 2 aromatic rings. The predicted molar refractivity (Wildman–Crippen MR) is 79.7 cm³/mol. The van der Waals surface area contributed by atoms with E-state index in [9.17, 15) is 0 Å². The quantitative estimate of drug-likeness (QED) is 0.838. The lowest BCUT2D eigenvalue weighted by Crippen LogP contribution is -2.06. The topological polar surface area (TPSA) is 12.0 Å². The molecule has 0 bridgehead atoms. The highest BCUT2D eigenvalue weighted by molar-refractivity contribution is 6.41. The molecule has 0 heterocycles. The largest absolute Gasteiger partial charge is 0.316 e.